The summed E-state index contributed by atoms with van der Waals surface area (Å²) < 4.78 is 76.4. The Balaban J connectivity index is 2.14. The zero-order valence-corrected chi connectivity index (χ0v) is 16.7. The number of halogens is 2. The van der Waals surface area contributed by atoms with Crippen molar-refractivity contribution < 1.29 is 65.0 Å². The number of aromatic nitrogens is 2. The Bertz CT molecular complexity index is 1000. The largest absolute Gasteiger partial charge is 0.790 e. The van der Waals surface area contributed by atoms with E-state index in [-0.39, 0.29) is 5.82 Å². The highest BCUT2D eigenvalue weighted by Crippen LogP contribution is 2.60. The molecule has 2 rings (SSSR count). The molecule has 30 heavy (non-hydrogen) atoms. The fraction of sp³-hybridized carbons (Fsp3) is 0.556. The number of nitrogens with zero attached hydrogens (tertiary/aromatic N) is 2. The second-order valence-electron chi connectivity index (χ2n) is 5.50. The Hall–Kier alpha value is -1.13. The summed E-state index contributed by atoms with van der Waals surface area (Å²) in [6.45, 7) is -1.92. The van der Waals surface area contributed by atoms with E-state index in [1.807, 2.05) is 0 Å². The normalized spacial score (nSPS) is 31.2. The van der Waals surface area contributed by atoms with Crippen LogP contribution in [0.15, 0.2) is 17.1 Å². The van der Waals surface area contributed by atoms with Crippen molar-refractivity contribution in [3.8, 4) is 0 Å². The second-order valence-corrected chi connectivity index (χ2v) is 9.75. The predicted molar refractivity (Wildman–Crippen MR) is 78.7 cm³/mol. The van der Waals surface area contributed by atoms with Gasteiger partial charge in [-0.2, -0.15) is 4.98 Å². The van der Waals surface area contributed by atoms with Crippen LogP contribution in [0.2, 0.25) is 0 Å². The van der Waals surface area contributed by atoms with Gasteiger partial charge in [-0.25, -0.2) is 17.9 Å². The zero-order valence-electron chi connectivity index (χ0n) is 14.0. The van der Waals surface area contributed by atoms with Crippen LogP contribution in [-0.2, 0) is 31.6 Å². The molecule has 1 aliphatic heterocycles. The summed E-state index contributed by atoms with van der Waals surface area (Å²) in [5, 5.41) is 9.67. The van der Waals surface area contributed by atoms with Crippen LogP contribution in [0.1, 0.15) is 6.23 Å². The molecule has 16 nitrogen and oxygen atoms in total. The molecule has 0 aliphatic carbocycles. The van der Waals surface area contributed by atoms with Crippen LogP contribution in [0.3, 0.4) is 0 Å². The molecular formula is C9H10F2N3O13P3-4. The highest BCUT2D eigenvalue weighted by molar-refractivity contribution is 7.64. The van der Waals surface area contributed by atoms with Crippen LogP contribution in [0.4, 0.5) is 14.6 Å². The van der Waals surface area contributed by atoms with Crippen molar-refractivity contribution in [3.05, 3.63) is 22.7 Å². The number of hydrogen-bond acceptors (Lipinski definition) is 15. The molecule has 2 heterocycles. The number of nitrogen functional groups attached to an aromatic ring is 1. The lowest BCUT2D eigenvalue weighted by Gasteiger charge is -2.38. The molecule has 1 aromatic rings. The number of phosphoric acid groups is 3. The lowest BCUT2D eigenvalue weighted by molar-refractivity contribution is -0.339. The highest BCUT2D eigenvalue weighted by atomic mass is 31.3. The first-order chi connectivity index (χ1) is 13.4. The first kappa shape index (κ1) is 25.1. The van der Waals surface area contributed by atoms with Gasteiger partial charge < -0.3 is 44.2 Å². The quantitative estimate of drug-likeness (QED) is 0.329. The minimum absolute atomic E-state index is 0.283. The van der Waals surface area contributed by atoms with Gasteiger partial charge >= 0.3 is 5.69 Å². The predicted octanol–water partition coefficient (Wildman–Crippen LogP) is -3.47. The molecule has 172 valence electrons. The first-order valence-corrected chi connectivity index (χ1v) is 11.6. The van der Waals surface area contributed by atoms with E-state index in [1.165, 1.54) is 0 Å². The van der Waals surface area contributed by atoms with E-state index in [2.05, 4.69) is 22.9 Å². The lowest BCUT2D eigenvalue weighted by Crippen LogP contribution is -2.42. The molecule has 0 spiro atoms. The molecule has 0 bridgehead atoms. The Labute approximate surface area is 164 Å². The van der Waals surface area contributed by atoms with Gasteiger partial charge in [0.15, 0.2) is 18.5 Å². The average Bonchev–Trinajstić information content (AvgIpc) is 2.75. The molecule has 21 heteroatoms. The number of hydrogen-bond donors (Lipinski definition) is 2. The molecule has 0 saturated carbocycles. The van der Waals surface area contributed by atoms with Gasteiger partial charge in [0.05, 0.1) is 7.82 Å². The van der Waals surface area contributed by atoms with Gasteiger partial charge in [0.25, 0.3) is 21.5 Å². The van der Waals surface area contributed by atoms with Gasteiger partial charge in [-0.1, -0.05) is 0 Å². The number of alkyl halides is 2. The molecule has 6 atom stereocenters. The lowest BCUT2D eigenvalue weighted by atomic mass is 10.1. The number of aliphatic hydroxyl groups excluding tert-OH is 1. The molecular weight excluding hydrogens is 489 g/mol. The molecule has 1 fully saturated rings. The molecule has 2 unspecified atom stereocenters. The van der Waals surface area contributed by atoms with Crippen molar-refractivity contribution in [1.29, 1.82) is 0 Å². The maximum absolute atomic E-state index is 14.7. The van der Waals surface area contributed by atoms with E-state index in [4.69, 9.17) is 5.73 Å². The average molecular weight is 499 g/mol. The minimum Gasteiger partial charge on any atom is -0.790 e. The van der Waals surface area contributed by atoms with E-state index in [0.717, 1.165) is 12.3 Å². The van der Waals surface area contributed by atoms with Crippen molar-refractivity contribution in [1.82, 2.24) is 9.55 Å². The van der Waals surface area contributed by atoms with E-state index in [9.17, 15) is 52.0 Å². The third kappa shape index (κ3) is 6.20. The van der Waals surface area contributed by atoms with E-state index >= 15 is 0 Å². The molecule has 1 aliphatic rings. The second kappa shape index (κ2) is 8.43. The maximum atomic E-state index is 14.7. The van der Waals surface area contributed by atoms with Gasteiger partial charge in [-0.15, -0.1) is 0 Å². The SMILES string of the molecule is Nc1ccn([C@@H]2O[C@](F)(COP(=O)([O-])OP(=O)([O-])OP(=O)([O-])[O-])[C@@H](O)[C@H]2F)c(=O)n1. The van der Waals surface area contributed by atoms with Crippen molar-refractivity contribution >= 4 is 29.3 Å². The number of ether oxygens (including phenoxy) is 1. The standard InChI is InChI=1S/C9H14F2N3O13P3/c10-5-6(15)9(11,25-7(5)14-2-1-4(12)13-8(14)16)3-24-29(20,21)27-30(22,23)26-28(17,18)19/h1-2,5-7,15H,3H2,(H,20,21)(H,22,23)(H2,12,13,16)(H2,17,18,19)/p-4/t5-,6+,7-,9-/m1/s1. The topological polar surface area (TPSA) is 262 Å². The summed E-state index contributed by atoms with van der Waals surface area (Å²) in [7, 11) is -18.7. The fourth-order valence-electron chi connectivity index (χ4n) is 2.13. The number of rotatable bonds is 8. The van der Waals surface area contributed by atoms with Crippen LogP contribution in [0, 0.1) is 0 Å². The van der Waals surface area contributed by atoms with Crippen LogP contribution in [-0.4, -0.2) is 39.4 Å². The van der Waals surface area contributed by atoms with Crippen LogP contribution < -0.4 is 31.0 Å². The number of anilines is 1. The summed E-state index contributed by atoms with van der Waals surface area (Å²) in [6.07, 6.45) is -6.76. The van der Waals surface area contributed by atoms with Crippen LogP contribution >= 0.6 is 23.5 Å². The molecule has 0 amide bonds. The summed E-state index contributed by atoms with van der Waals surface area (Å²) in [6, 6.07) is 0.995. The van der Waals surface area contributed by atoms with Gasteiger partial charge in [-0.3, -0.25) is 18.0 Å². The molecule has 1 aromatic heterocycles. The minimum atomic E-state index is -6.32. The van der Waals surface area contributed by atoms with Crippen LogP contribution in [0.5, 0.6) is 0 Å². The van der Waals surface area contributed by atoms with E-state index in [1.54, 1.807) is 0 Å². The van der Waals surface area contributed by atoms with Gasteiger partial charge in [0, 0.05) is 6.20 Å². The molecule has 0 radical (unpaired) electrons. The monoisotopic (exact) mass is 499 g/mol. The zero-order chi connectivity index (χ0) is 23.1. The molecule has 3 N–H and O–H groups in total. The van der Waals surface area contributed by atoms with Gasteiger partial charge in [0.1, 0.15) is 12.4 Å². The van der Waals surface area contributed by atoms with Gasteiger partial charge in [0.2, 0.25) is 0 Å². The third-order valence-electron chi connectivity index (χ3n) is 3.28. The van der Waals surface area contributed by atoms with Crippen LogP contribution in [0.25, 0.3) is 0 Å². The van der Waals surface area contributed by atoms with Gasteiger partial charge in [-0.05, 0) is 6.07 Å². The van der Waals surface area contributed by atoms with Crippen molar-refractivity contribution in [2.24, 2.45) is 0 Å². The third-order valence-corrected chi connectivity index (χ3v) is 6.92. The Morgan fingerprint density at radius 1 is 1.27 bits per heavy atom. The number of nitrogens with two attached hydrogens (primary N) is 1. The Morgan fingerprint density at radius 2 is 1.87 bits per heavy atom. The first-order valence-electron chi connectivity index (χ1n) is 7.20. The molecule has 0 aromatic carbocycles. The number of phosphoric ester groups is 1. The van der Waals surface area contributed by atoms with Crippen molar-refractivity contribution in [2.75, 3.05) is 12.3 Å². The van der Waals surface area contributed by atoms with E-state index in [0.29, 0.717) is 4.57 Å². The van der Waals surface area contributed by atoms with Crippen molar-refractivity contribution in [2.45, 2.75) is 24.4 Å². The summed E-state index contributed by atoms with van der Waals surface area (Å²) >= 11 is 0. The maximum Gasteiger partial charge on any atom is 0.351 e. The Morgan fingerprint density at radius 3 is 2.40 bits per heavy atom. The summed E-state index contributed by atoms with van der Waals surface area (Å²) in [4.78, 5) is 57.8. The summed E-state index contributed by atoms with van der Waals surface area (Å²) in [5.74, 6) is -3.96. The summed E-state index contributed by atoms with van der Waals surface area (Å²) in [5.41, 5.74) is 4.01. The molecule has 1 saturated heterocycles. The highest BCUT2D eigenvalue weighted by Gasteiger charge is 2.58. The fourth-order valence-corrected chi connectivity index (χ4v) is 5.00. The van der Waals surface area contributed by atoms with E-state index < -0.39 is 60.1 Å². The Kier molecular flexibility index (Phi) is 7.06. The van der Waals surface area contributed by atoms with Crippen molar-refractivity contribution in [3.63, 3.8) is 0 Å². The number of aliphatic hydroxyl groups is 1. The smallest absolute Gasteiger partial charge is 0.351 e.